The van der Waals surface area contributed by atoms with E-state index < -0.39 is 0 Å². The first-order chi connectivity index (χ1) is 15.7. The first kappa shape index (κ1) is 24.0. The fourth-order valence-electron chi connectivity index (χ4n) is 3.59. The van der Waals surface area contributed by atoms with Crippen molar-refractivity contribution in [2.45, 2.75) is 39.3 Å². The molecule has 2 aromatic rings. The quantitative estimate of drug-likeness (QED) is 0.319. The fourth-order valence-corrected chi connectivity index (χ4v) is 3.59. The predicted octanol–water partition coefficient (Wildman–Crippen LogP) is 2.79. The maximum atomic E-state index is 11.9. The average molecular weight is 441 g/mol. The summed E-state index contributed by atoms with van der Waals surface area (Å²) in [6.07, 6.45) is 4.98. The van der Waals surface area contributed by atoms with Crippen LogP contribution in [0.15, 0.2) is 58.4 Å². The van der Waals surface area contributed by atoms with Gasteiger partial charge in [0.2, 0.25) is 0 Å². The lowest BCUT2D eigenvalue weighted by atomic mass is 10.0. The van der Waals surface area contributed by atoms with Gasteiger partial charge in [-0.25, -0.2) is 4.99 Å². The third-order valence-corrected chi connectivity index (χ3v) is 5.49. The van der Waals surface area contributed by atoms with Gasteiger partial charge in [0.15, 0.2) is 5.96 Å². The Balaban J connectivity index is 1.39. The van der Waals surface area contributed by atoms with Crippen molar-refractivity contribution < 1.29 is 9.47 Å². The number of benzene rings is 1. The smallest absolute Gasteiger partial charge is 0.250 e. The molecule has 32 heavy (non-hydrogen) atoms. The summed E-state index contributed by atoms with van der Waals surface area (Å²) in [5.41, 5.74) is 2.24. The lowest BCUT2D eigenvalue weighted by molar-refractivity contribution is 0.0203. The lowest BCUT2D eigenvalue weighted by Gasteiger charge is -2.21. The van der Waals surface area contributed by atoms with Crippen LogP contribution in [-0.2, 0) is 22.6 Å². The van der Waals surface area contributed by atoms with Crippen LogP contribution < -0.4 is 16.2 Å². The molecular weight excluding hydrogens is 404 g/mol. The molecule has 0 bridgehead atoms. The molecule has 1 aliphatic heterocycles. The standard InChI is InChI=1S/C25H36N4O3/c1-2-26-25(27-13-5-15-32-20-23-11-16-31-17-12-23)28-18-21-7-9-22(10-8-21)19-29-14-4-3-6-24(29)30/h3-4,6-10,14,23H,2,5,11-13,15-20H2,1H3,(H2,26,27,28). The summed E-state index contributed by atoms with van der Waals surface area (Å²) in [7, 11) is 0. The summed E-state index contributed by atoms with van der Waals surface area (Å²) >= 11 is 0. The van der Waals surface area contributed by atoms with E-state index in [0.29, 0.717) is 19.0 Å². The van der Waals surface area contributed by atoms with Crippen LogP contribution in [0.3, 0.4) is 0 Å². The predicted molar refractivity (Wildman–Crippen MR) is 128 cm³/mol. The van der Waals surface area contributed by atoms with Crippen LogP contribution in [0, 0.1) is 5.92 Å². The third kappa shape index (κ3) is 8.48. The number of nitrogens with one attached hydrogen (secondary N) is 2. The highest BCUT2D eigenvalue weighted by atomic mass is 16.5. The van der Waals surface area contributed by atoms with Crippen molar-refractivity contribution in [3.63, 3.8) is 0 Å². The molecule has 3 rings (SSSR count). The van der Waals surface area contributed by atoms with Gasteiger partial charge in [0.05, 0.1) is 13.1 Å². The lowest BCUT2D eigenvalue weighted by Crippen LogP contribution is -2.38. The summed E-state index contributed by atoms with van der Waals surface area (Å²) in [5, 5.41) is 6.67. The number of ether oxygens (including phenoxy) is 2. The SMILES string of the molecule is CCNC(=NCc1ccc(Cn2ccccc2=O)cc1)NCCCOCC1CCOCC1. The van der Waals surface area contributed by atoms with E-state index in [0.717, 1.165) is 75.9 Å². The third-order valence-electron chi connectivity index (χ3n) is 5.49. The molecule has 1 aromatic heterocycles. The molecule has 2 N–H and O–H groups in total. The molecule has 1 aliphatic rings. The second-order valence-electron chi connectivity index (χ2n) is 8.09. The Hall–Kier alpha value is -2.64. The Morgan fingerprint density at radius 3 is 2.66 bits per heavy atom. The summed E-state index contributed by atoms with van der Waals surface area (Å²) in [6.45, 7) is 8.21. The molecule has 7 nitrogen and oxygen atoms in total. The monoisotopic (exact) mass is 440 g/mol. The first-order valence-corrected chi connectivity index (χ1v) is 11.7. The van der Waals surface area contributed by atoms with Gasteiger partial charge in [-0.1, -0.05) is 30.3 Å². The molecule has 0 spiro atoms. The van der Waals surface area contributed by atoms with Gasteiger partial charge in [-0.2, -0.15) is 0 Å². The number of aliphatic imine (C=N–C) groups is 1. The van der Waals surface area contributed by atoms with Crippen molar-refractivity contribution in [3.8, 4) is 0 Å². The second-order valence-corrected chi connectivity index (χ2v) is 8.09. The average Bonchev–Trinajstić information content (AvgIpc) is 2.82. The zero-order valence-electron chi connectivity index (χ0n) is 19.1. The molecule has 174 valence electrons. The molecule has 0 atom stereocenters. The highest BCUT2D eigenvalue weighted by Gasteiger charge is 2.13. The summed E-state index contributed by atoms with van der Waals surface area (Å²) in [4.78, 5) is 16.6. The van der Waals surface area contributed by atoms with Crippen LogP contribution in [-0.4, -0.2) is 50.0 Å². The van der Waals surface area contributed by atoms with E-state index in [2.05, 4.69) is 46.8 Å². The maximum absolute atomic E-state index is 11.9. The molecule has 0 unspecified atom stereocenters. The Labute approximate surface area is 190 Å². The number of nitrogens with zero attached hydrogens (tertiary/aromatic N) is 2. The van der Waals surface area contributed by atoms with Gasteiger partial charge >= 0.3 is 0 Å². The molecule has 0 amide bonds. The molecule has 1 fully saturated rings. The summed E-state index contributed by atoms with van der Waals surface area (Å²) in [5.74, 6) is 1.47. The summed E-state index contributed by atoms with van der Waals surface area (Å²) in [6, 6.07) is 13.5. The van der Waals surface area contributed by atoms with Crippen LogP contribution in [0.4, 0.5) is 0 Å². The van der Waals surface area contributed by atoms with Crippen molar-refractivity contribution in [1.82, 2.24) is 15.2 Å². The van der Waals surface area contributed by atoms with Crippen molar-refractivity contribution in [3.05, 3.63) is 70.1 Å². The number of pyridine rings is 1. The van der Waals surface area contributed by atoms with Gasteiger partial charge in [-0.3, -0.25) is 4.79 Å². The molecular formula is C25H36N4O3. The van der Waals surface area contributed by atoms with Crippen LogP contribution in [0.2, 0.25) is 0 Å². The molecule has 7 heteroatoms. The van der Waals surface area contributed by atoms with E-state index in [1.54, 1.807) is 16.7 Å². The number of rotatable bonds is 11. The van der Waals surface area contributed by atoms with Crippen molar-refractivity contribution in [2.24, 2.45) is 10.9 Å². The van der Waals surface area contributed by atoms with Crippen LogP contribution in [0.25, 0.3) is 0 Å². The van der Waals surface area contributed by atoms with Gasteiger partial charge in [-0.15, -0.1) is 0 Å². The van der Waals surface area contributed by atoms with Crippen LogP contribution in [0.5, 0.6) is 0 Å². The Morgan fingerprint density at radius 1 is 1.12 bits per heavy atom. The van der Waals surface area contributed by atoms with Crippen LogP contribution >= 0.6 is 0 Å². The van der Waals surface area contributed by atoms with Crippen molar-refractivity contribution in [2.75, 3.05) is 39.5 Å². The molecule has 2 heterocycles. The van der Waals surface area contributed by atoms with E-state index in [1.807, 2.05) is 12.3 Å². The van der Waals surface area contributed by atoms with Crippen molar-refractivity contribution >= 4 is 5.96 Å². The Bertz CT molecular complexity index is 873. The van der Waals surface area contributed by atoms with E-state index in [4.69, 9.17) is 9.47 Å². The van der Waals surface area contributed by atoms with Crippen molar-refractivity contribution in [1.29, 1.82) is 0 Å². The van der Waals surface area contributed by atoms with Gasteiger partial charge in [0.25, 0.3) is 5.56 Å². The maximum Gasteiger partial charge on any atom is 0.250 e. The normalized spacial score (nSPS) is 15.0. The minimum Gasteiger partial charge on any atom is -0.381 e. The number of hydrogen-bond donors (Lipinski definition) is 2. The van der Waals surface area contributed by atoms with E-state index >= 15 is 0 Å². The zero-order valence-corrected chi connectivity index (χ0v) is 19.1. The van der Waals surface area contributed by atoms with Crippen LogP contribution in [0.1, 0.15) is 37.3 Å². The largest absolute Gasteiger partial charge is 0.381 e. The molecule has 0 aliphatic carbocycles. The van der Waals surface area contributed by atoms with Gasteiger partial charge in [-0.05, 0) is 49.3 Å². The molecule has 1 aromatic carbocycles. The fraction of sp³-hybridized carbons (Fsp3) is 0.520. The van der Waals surface area contributed by atoms with E-state index in [1.165, 1.54) is 0 Å². The number of guanidine groups is 1. The van der Waals surface area contributed by atoms with Gasteiger partial charge < -0.3 is 24.7 Å². The minimum absolute atomic E-state index is 0.0107. The number of aromatic nitrogens is 1. The zero-order chi connectivity index (χ0) is 22.4. The first-order valence-electron chi connectivity index (χ1n) is 11.7. The highest BCUT2D eigenvalue weighted by molar-refractivity contribution is 5.79. The Morgan fingerprint density at radius 2 is 1.91 bits per heavy atom. The summed E-state index contributed by atoms with van der Waals surface area (Å²) < 4.78 is 12.9. The number of hydrogen-bond acceptors (Lipinski definition) is 4. The van der Waals surface area contributed by atoms with Gasteiger partial charge in [0, 0.05) is 51.8 Å². The highest BCUT2D eigenvalue weighted by Crippen LogP contribution is 2.14. The Kier molecular flexibility index (Phi) is 10.3. The topological polar surface area (TPSA) is 76.9 Å². The van der Waals surface area contributed by atoms with E-state index in [-0.39, 0.29) is 5.56 Å². The van der Waals surface area contributed by atoms with Gasteiger partial charge in [0.1, 0.15) is 0 Å². The van der Waals surface area contributed by atoms with E-state index in [9.17, 15) is 4.79 Å². The second kappa shape index (κ2) is 13.7. The molecule has 1 saturated heterocycles. The molecule has 0 radical (unpaired) electrons. The molecule has 0 saturated carbocycles. The minimum atomic E-state index is 0.0107.